The standard InChI is InChI=1S/C23H28FN3O3/c1-14(2)19(25-20(28)15-8-12-18(24)13-9-15)22(30)27-26-21(29)16-6-10-17(11-7-16)23(3,4)5/h6-14,19H,1-5H3,(H,25,28)(H,26,29)(H,27,30)/t19-/m0/s1. The summed E-state index contributed by atoms with van der Waals surface area (Å²) >= 11 is 0. The van der Waals surface area contributed by atoms with Crippen molar-refractivity contribution < 1.29 is 18.8 Å². The predicted molar refractivity (Wildman–Crippen MR) is 113 cm³/mol. The van der Waals surface area contributed by atoms with Gasteiger partial charge in [-0.25, -0.2) is 4.39 Å². The van der Waals surface area contributed by atoms with Crippen molar-refractivity contribution in [2.45, 2.75) is 46.1 Å². The van der Waals surface area contributed by atoms with Crippen LogP contribution in [-0.2, 0) is 10.2 Å². The van der Waals surface area contributed by atoms with Gasteiger partial charge in [-0.15, -0.1) is 0 Å². The molecule has 160 valence electrons. The van der Waals surface area contributed by atoms with Crippen molar-refractivity contribution in [3.8, 4) is 0 Å². The molecule has 0 aliphatic carbocycles. The Morgan fingerprint density at radius 1 is 0.800 bits per heavy atom. The SMILES string of the molecule is CC(C)[C@H](NC(=O)c1ccc(F)cc1)C(=O)NNC(=O)c1ccc(C(C)(C)C)cc1. The Hall–Kier alpha value is -3.22. The molecular weight excluding hydrogens is 385 g/mol. The Balaban J connectivity index is 1.98. The summed E-state index contributed by atoms with van der Waals surface area (Å²) in [5.41, 5.74) is 6.43. The van der Waals surface area contributed by atoms with Gasteiger partial charge in [0.1, 0.15) is 11.9 Å². The second kappa shape index (κ2) is 9.52. The highest BCUT2D eigenvalue weighted by Gasteiger charge is 2.25. The van der Waals surface area contributed by atoms with Crippen molar-refractivity contribution >= 4 is 17.7 Å². The normalized spacial score (nSPS) is 12.2. The van der Waals surface area contributed by atoms with Gasteiger partial charge in [0.05, 0.1) is 0 Å². The van der Waals surface area contributed by atoms with Gasteiger partial charge in [-0.05, 0) is 53.3 Å². The highest BCUT2D eigenvalue weighted by molar-refractivity contribution is 5.99. The first-order chi connectivity index (χ1) is 14.0. The van der Waals surface area contributed by atoms with E-state index in [0.29, 0.717) is 5.56 Å². The van der Waals surface area contributed by atoms with Crippen LogP contribution in [0.1, 0.15) is 60.9 Å². The number of nitrogens with one attached hydrogen (secondary N) is 3. The van der Waals surface area contributed by atoms with E-state index in [1.54, 1.807) is 26.0 Å². The molecule has 3 N–H and O–H groups in total. The number of hydrogen-bond acceptors (Lipinski definition) is 3. The van der Waals surface area contributed by atoms with Crippen LogP contribution in [0.5, 0.6) is 0 Å². The molecule has 0 aliphatic rings. The molecule has 0 radical (unpaired) electrons. The average molecular weight is 413 g/mol. The van der Waals surface area contributed by atoms with Gasteiger partial charge >= 0.3 is 0 Å². The molecule has 2 aromatic rings. The van der Waals surface area contributed by atoms with Crippen LogP contribution in [0, 0.1) is 11.7 Å². The number of benzene rings is 2. The fourth-order valence-electron chi connectivity index (χ4n) is 2.75. The Bertz CT molecular complexity index is 901. The van der Waals surface area contributed by atoms with E-state index in [4.69, 9.17) is 0 Å². The van der Waals surface area contributed by atoms with E-state index in [0.717, 1.165) is 5.56 Å². The minimum Gasteiger partial charge on any atom is -0.340 e. The first-order valence-electron chi connectivity index (χ1n) is 9.76. The second-order valence-corrected chi connectivity index (χ2v) is 8.47. The summed E-state index contributed by atoms with van der Waals surface area (Å²) in [6, 6.07) is 11.3. The Morgan fingerprint density at radius 2 is 1.30 bits per heavy atom. The van der Waals surface area contributed by atoms with Crippen LogP contribution in [0.4, 0.5) is 4.39 Å². The summed E-state index contributed by atoms with van der Waals surface area (Å²) in [6.07, 6.45) is 0. The summed E-state index contributed by atoms with van der Waals surface area (Å²) in [6.45, 7) is 9.77. The molecule has 0 saturated carbocycles. The molecule has 0 bridgehead atoms. The number of hydrazine groups is 1. The Kier molecular flexibility index (Phi) is 7.32. The smallest absolute Gasteiger partial charge is 0.269 e. The van der Waals surface area contributed by atoms with Crippen LogP contribution >= 0.6 is 0 Å². The first kappa shape index (κ1) is 23.1. The number of carbonyl (C=O) groups is 3. The van der Waals surface area contributed by atoms with Gasteiger partial charge in [-0.3, -0.25) is 25.2 Å². The van der Waals surface area contributed by atoms with E-state index >= 15 is 0 Å². The van der Waals surface area contributed by atoms with Crippen LogP contribution in [0.25, 0.3) is 0 Å². The van der Waals surface area contributed by atoms with Crippen molar-refractivity contribution in [2.24, 2.45) is 5.92 Å². The fourth-order valence-corrected chi connectivity index (χ4v) is 2.75. The minimum atomic E-state index is -0.883. The third kappa shape index (κ3) is 6.14. The van der Waals surface area contributed by atoms with Gasteiger partial charge in [0.15, 0.2) is 0 Å². The largest absolute Gasteiger partial charge is 0.340 e. The molecule has 0 saturated heterocycles. The topological polar surface area (TPSA) is 87.3 Å². The third-order valence-electron chi connectivity index (χ3n) is 4.65. The van der Waals surface area contributed by atoms with Gasteiger partial charge in [0, 0.05) is 11.1 Å². The van der Waals surface area contributed by atoms with E-state index in [-0.39, 0.29) is 16.9 Å². The van der Waals surface area contributed by atoms with Crippen LogP contribution < -0.4 is 16.2 Å². The maximum absolute atomic E-state index is 13.0. The average Bonchev–Trinajstić information content (AvgIpc) is 2.69. The van der Waals surface area contributed by atoms with Crippen LogP contribution in [0.15, 0.2) is 48.5 Å². The summed E-state index contributed by atoms with van der Waals surface area (Å²) in [4.78, 5) is 37.2. The maximum atomic E-state index is 13.0. The molecule has 2 rings (SSSR count). The third-order valence-corrected chi connectivity index (χ3v) is 4.65. The van der Waals surface area contributed by atoms with Crippen molar-refractivity contribution in [1.29, 1.82) is 0 Å². The number of halogens is 1. The second-order valence-electron chi connectivity index (χ2n) is 8.47. The van der Waals surface area contributed by atoms with Crippen LogP contribution in [0.2, 0.25) is 0 Å². The lowest BCUT2D eigenvalue weighted by Crippen LogP contribution is -2.54. The Labute approximate surface area is 176 Å². The lowest BCUT2D eigenvalue weighted by molar-refractivity contribution is -0.124. The zero-order valence-electron chi connectivity index (χ0n) is 17.9. The highest BCUT2D eigenvalue weighted by Crippen LogP contribution is 2.22. The summed E-state index contributed by atoms with van der Waals surface area (Å²) in [5, 5.41) is 2.61. The molecular formula is C23H28FN3O3. The van der Waals surface area contributed by atoms with E-state index in [2.05, 4.69) is 36.9 Å². The van der Waals surface area contributed by atoms with Crippen LogP contribution in [0.3, 0.4) is 0 Å². The minimum absolute atomic E-state index is 0.0313. The van der Waals surface area contributed by atoms with Crippen molar-refractivity contribution in [2.75, 3.05) is 0 Å². The maximum Gasteiger partial charge on any atom is 0.269 e. The lowest BCUT2D eigenvalue weighted by Gasteiger charge is -2.22. The molecule has 2 aromatic carbocycles. The quantitative estimate of drug-likeness (QED) is 0.657. The number of amides is 3. The van der Waals surface area contributed by atoms with E-state index in [1.807, 2.05) is 12.1 Å². The van der Waals surface area contributed by atoms with E-state index in [9.17, 15) is 18.8 Å². The van der Waals surface area contributed by atoms with E-state index in [1.165, 1.54) is 24.3 Å². The zero-order valence-corrected chi connectivity index (χ0v) is 17.9. The summed E-state index contributed by atoms with van der Waals surface area (Å²) in [7, 11) is 0. The van der Waals surface area contributed by atoms with Gasteiger partial charge in [0.25, 0.3) is 17.7 Å². The predicted octanol–water partition coefficient (Wildman–Crippen LogP) is 3.34. The Morgan fingerprint density at radius 3 is 1.80 bits per heavy atom. The fraction of sp³-hybridized carbons (Fsp3) is 0.348. The molecule has 0 fully saturated rings. The molecule has 30 heavy (non-hydrogen) atoms. The zero-order chi connectivity index (χ0) is 22.5. The molecule has 0 aliphatic heterocycles. The van der Waals surface area contributed by atoms with E-state index < -0.39 is 29.6 Å². The van der Waals surface area contributed by atoms with Crippen LogP contribution in [-0.4, -0.2) is 23.8 Å². The van der Waals surface area contributed by atoms with Crippen molar-refractivity contribution in [1.82, 2.24) is 16.2 Å². The summed E-state index contributed by atoms with van der Waals surface area (Å²) in [5.74, 6) is -2.22. The summed E-state index contributed by atoms with van der Waals surface area (Å²) < 4.78 is 13.0. The van der Waals surface area contributed by atoms with Gasteiger partial charge in [0.2, 0.25) is 0 Å². The molecule has 0 unspecified atom stereocenters. The monoisotopic (exact) mass is 413 g/mol. The molecule has 0 heterocycles. The number of hydrogen-bond donors (Lipinski definition) is 3. The van der Waals surface area contributed by atoms with Crippen molar-refractivity contribution in [3.63, 3.8) is 0 Å². The van der Waals surface area contributed by atoms with Gasteiger partial charge in [-0.2, -0.15) is 0 Å². The lowest BCUT2D eigenvalue weighted by atomic mass is 9.87. The molecule has 6 nitrogen and oxygen atoms in total. The number of carbonyl (C=O) groups excluding carboxylic acids is 3. The molecule has 1 atom stereocenters. The van der Waals surface area contributed by atoms with Crippen molar-refractivity contribution in [3.05, 3.63) is 71.0 Å². The molecule has 3 amide bonds. The molecule has 7 heteroatoms. The number of rotatable bonds is 5. The van der Waals surface area contributed by atoms with Gasteiger partial charge in [-0.1, -0.05) is 46.8 Å². The highest BCUT2D eigenvalue weighted by atomic mass is 19.1. The molecule has 0 aromatic heterocycles. The van der Waals surface area contributed by atoms with Gasteiger partial charge < -0.3 is 5.32 Å². The first-order valence-corrected chi connectivity index (χ1v) is 9.76. The molecule has 0 spiro atoms.